The Morgan fingerprint density at radius 2 is 2.00 bits per heavy atom. The molecule has 0 spiro atoms. The minimum atomic E-state index is -3.01. The predicted molar refractivity (Wildman–Crippen MR) is 73.0 cm³/mol. The molecule has 1 rings (SSSR count). The molecule has 1 fully saturated rings. The van der Waals surface area contributed by atoms with E-state index in [0.717, 1.165) is 12.8 Å². The summed E-state index contributed by atoms with van der Waals surface area (Å²) in [5.41, 5.74) is 0. The molecule has 1 saturated heterocycles. The third kappa shape index (κ3) is 5.54. The quantitative estimate of drug-likeness (QED) is 0.797. The lowest BCUT2D eigenvalue weighted by atomic mass is 10.0. The topological polar surface area (TPSA) is 74.7 Å². The Morgan fingerprint density at radius 1 is 1.33 bits per heavy atom. The van der Waals surface area contributed by atoms with E-state index < -0.39 is 21.8 Å². The number of carboxylic acid groups (broad SMARTS) is 1. The van der Waals surface area contributed by atoms with Crippen molar-refractivity contribution < 1.29 is 18.3 Å². The highest BCUT2D eigenvalue weighted by Crippen LogP contribution is 2.17. The Hall–Kier alpha value is -0.330. The van der Waals surface area contributed by atoms with E-state index in [2.05, 4.69) is 0 Å². The molecule has 0 radical (unpaired) electrons. The van der Waals surface area contributed by atoms with Crippen molar-refractivity contribution >= 4 is 28.2 Å². The maximum atomic E-state index is 11.6. The average molecular weight is 300 g/mol. The van der Waals surface area contributed by atoms with Crippen LogP contribution in [0.5, 0.6) is 0 Å². The Balaban J connectivity index is 0.00000289. The lowest BCUT2D eigenvalue weighted by Gasteiger charge is -2.32. The molecule has 0 aliphatic carbocycles. The summed E-state index contributed by atoms with van der Waals surface area (Å²) in [5, 5.41) is 9.05. The van der Waals surface area contributed by atoms with Crippen LogP contribution in [-0.4, -0.2) is 55.0 Å². The molecule has 1 N–H and O–H groups in total. The van der Waals surface area contributed by atoms with E-state index in [9.17, 15) is 13.2 Å². The molecule has 0 aromatic rings. The summed E-state index contributed by atoms with van der Waals surface area (Å²) in [7, 11) is -3.01. The number of nitrogens with zero attached hydrogens (tertiary/aromatic N) is 1. The van der Waals surface area contributed by atoms with E-state index in [4.69, 9.17) is 5.11 Å². The second-order valence-corrected chi connectivity index (χ2v) is 6.84. The molecule has 0 aromatic carbocycles. The zero-order valence-electron chi connectivity index (χ0n) is 10.7. The molecule has 0 bridgehead atoms. The summed E-state index contributed by atoms with van der Waals surface area (Å²) < 4.78 is 23.2. The van der Waals surface area contributed by atoms with Gasteiger partial charge in [-0.25, -0.2) is 8.42 Å². The summed E-state index contributed by atoms with van der Waals surface area (Å²) in [4.78, 5) is 12.8. The van der Waals surface area contributed by atoms with Crippen LogP contribution in [-0.2, 0) is 14.6 Å². The first-order chi connectivity index (χ1) is 7.96. The molecule has 5 nitrogen and oxygen atoms in total. The number of sulfone groups is 1. The molecule has 0 aromatic heterocycles. The van der Waals surface area contributed by atoms with Gasteiger partial charge in [-0.15, -0.1) is 12.4 Å². The molecule has 7 heteroatoms. The molecule has 1 unspecified atom stereocenters. The van der Waals surface area contributed by atoms with Gasteiger partial charge in [-0.2, -0.15) is 0 Å². The second-order valence-electron chi connectivity index (χ2n) is 4.54. The number of rotatable bonds is 6. The zero-order valence-corrected chi connectivity index (χ0v) is 12.3. The zero-order chi connectivity index (χ0) is 12.9. The summed E-state index contributed by atoms with van der Waals surface area (Å²) in [6.45, 7) is 2.87. The van der Waals surface area contributed by atoms with Gasteiger partial charge in [0.25, 0.3) is 0 Å². The third-order valence-electron chi connectivity index (χ3n) is 3.10. The summed E-state index contributed by atoms with van der Waals surface area (Å²) in [6, 6.07) is -0.499. The third-order valence-corrected chi connectivity index (χ3v) is 4.94. The molecule has 1 heterocycles. The minimum Gasteiger partial charge on any atom is -0.480 e. The highest BCUT2D eigenvalue weighted by molar-refractivity contribution is 7.91. The molecular weight excluding hydrogens is 278 g/mol. The van der Waals surface area contributed by atoms with E-state index >= 15 is 0 Å². The molecule has 0 amide bonds. The summed E-state index contributed by atoms with van der Waals surface area (Å²) >= 11 is 0. The highest BCUT2D eigenvalue weighted by Gasteiger charge is 2.28. The van der Waals surface area contributed by atoms with Gasteiger partial charge in [-0.3, -0.25) is 9.69 Å². The maximum absolute atomic E-state index is 11.6. The highest BCUT2D eigenvalue weighted by atomic mass is 35.5. The smallest absolute Gasteiger partial charge is 0.320 e. The first-order valence-corrected chi connectivity index (χ1v) is 7.95. The number of hydrogen-bond acceptors (Lipinski definition) is 4. The van der Waals surface area contributed by atoms with Crippen LogP contribution in [0.4, 0.5) is 0 Å². The van der Waals surface area contributed by atoms with Crippen molar-refractivity contribution in [1.29, 1.82) is 0 Å². The maximum Gasteiger partial charge on any atom is 0.320 e. The minimum absolute atomic E-state index is 0. The van der Waals surface area contributed by atoms with Gasteiger partial charge in [0.05, 0.1) is 5.75 Å². The van der Waals surface area contributed by atoms with Crippen molar-refractivity contribution in [2.24, 2.45) is 0 Å². The van der Waals surface area contributed by atoms with Crippen LogP contribution >= 0.6 is 12.4 Å². The molecule has 0 saturated carbocycles. The van der Waals surface area contributed by atoms with Gasteiger partial charge in [-0.05, 0) is 25.8 Å². The molecular formula is C11H22ClNO4S. The number of halogens is 1. The molecule has 1 atom stereocenters. The van der Waals surface area contributed by atoms with Crippen LogP contribution < -0.4 is 0 Å². The van der Waals surface area contributed by atoms with Crippen LogP contribution in [0, 0.1) is 0 Å². The molecule has 18 heavy (non-hydrogen) atoms. The van der Waals surface area contributed by atoms with Gasteiger partial charge >= 0.3 is 5.97 Å². The number of carbonyl (C=O) groups is 1. The van der Waals surface area contributed by atoms with Crippen molar-refractivity contribution in [3.63, 3.8) is 0 Å². The second kappa shape index (κ2) is 7.96. The first kappa shape index (κ1) is 17.7. The van der Waals surface area contributed by atoms with Crippen molar-refractivity contribution in [3.8, 4) is 0 Å². The Kier molecular flexibility index (Phi) is 7.82. The van der Waals surface area contributed by atoms with E-state index in [1.54, 1.807) is 4.90 Å². The fourth-order valence-corrected chi connectivity index (χ4v) is 3.55. The Labute approximate surface area is 115 Å². The first-order valence-electron chi connectivity index (χ1n) is 6.13. The van der Waals surface area contributed by atoms with Crippen molar-refractivity contribution in [2.45, 2.75) is 38.6 Å². The number of aliphatic carboxylic acids is 1. The average Bonchev–Trinajstić information content (AvgIpc) is 2.27. The lowest BCUT2D eigenvalue weighted by Crippen LogP contribution is -2.46. The van der Waals surface area contributed by atoms with Crippen LogP contribution in [0.15, 0.2) is 0 Å². The van der Waals surface area contributed by atoms with Crippen molar-refractivity contribution in [2.75, 3.05) is 24.6 Å². The van der Waals surface area contributed by atoms with Crippen LogP contribution in [0.1, 0.15) is 32.6 Å². The van der Waals surface area contributed by atoms with Gasteiger partial charge in [0.1, 0.15) is 6.04 Å². The van der Waals surface area contributed by atoms with E-state index in [1.165, 1.54) is 0 Å². The summed E-state index contributed by atoms with van der Waals surface area (Å²) in [5.74, 6) is -0.569. The monoisotopic (exact) mass is 299 g/mol. The fraction of sp³-hybridized carbons (Fsp3) is 0.909. The Morgan fingerprint density at radius 3 is 2.56 bits per heavy atom. The molecule has 1 aliphatic heterocycles. The number of hydrogen-bond donors (Lipinski definition) is 1. The van der Waals surface area contributed by atoms with Gasteiger partial charge in [0, 0.05) is 12.3 Å². The van der Waals surface area contributed by atoms with Gasteiger partial charge in [-0.1, -0.05) is 13.3 Å². The standard InChI is InChI=1S/C11H21NO4S.ClH/c1-2-8-17(15,16)9-7-12-6-4-3-5-10(12)11(13)14;/h10H,2-9H2,1H3,(H,13,14);1H. The molecule has 108 valence electrons. The van der Waals surface area contributed by atoms with Crippen LogP contribution in [0.2, 0.25) is 0 Å². The fourth-order valence-electron chi connectivity index (χ4n) is 2.21. The van der Waals surface area contributed by atoms with E-state index in [0.29, 0.717) is 25.9 Å². The summed E-state index contributed by atoms with van der Waals surface area (Å²) in [6.07, 6.45) is 3.11. The number of piperidine rings is 1. The lowest BCUT2D eigenvalue weighted by molar-refractivity contribution is -0.144. The number of likely N-dealkylation sites (tertiary alicyclic amines) is 1. The number of carboxylic acids is 1. The van der Waals surface area contributed by atoms with Crippen LogP contribution in [0.3, 0.4) is 0 Å². The van der Waals surface area contributed by atoms with E-state index in [-0.39, 0.29) is 23.9 Å². The van der Waals surface area contributed by atoms with Crippen LogP contribution in [0.25, 0.3) is 0 Å². The predicted octanol–water partition coefficient (Wildman–Crippen LogP) is 1.17. The normalized spacial score (nSPS) is 21.3. The largest absolute Gasteiger partial charge is 0.480 e. The van der Waals surface area contributed by atoms with Gasteiger partial charge in [0.15, 0.2) is 9.84 Å². The van der Waals surface area contributed by atoms with Gasteiger partial charge < -0.3 is 5.11 Å². The van der Waals surface area contributed by atoms with Crippen molar-refractivity contribution in [3.05, 3.63) is 0 Å². The Bertz CT molecular complexity index is 358. The van der Waals surface area contributed by atoms with Crippen molar-refractivity contribution in [1.82, 2.24) is 4.90 Å². The molecule has 1 aliphatic rings. The SMILES string of the molecule is CCCS(=O)(=O)CCN1CCCCC1C(=O)O.Cl. The van der Waals surface area contributed by atoms with E-state index in [1.807, 2.05) is 6.92 Å². The van der Waals surface area contributed by atoms with Gasteiger partial charge in [0.2, 0.25) is 0 Å².